The van der Waals surface area contributed by atoms with Gasteiger partial charge in [0.1, 0.15) is 0 Å². The molecule has 1 rings (SSSR count). The molecule has 0 saturated heterocycles. The Labute approximate surface area is 106 Å². The van der Waals surface area contributed by atoms with E-state index in [0.29, 0.717) is 5.75 Å². The highest BCUT2D eigenvalue weighted by Gasteiger charge is 2.16. The van der Waals surface area contributed by atoms with Gasteiger partial charge in [0, 0.05) is 53.2 Å². The monoisotopic (exact) mass is 257 g/mol. The smallest absolute Gasteiger partial charge is 0.0644 e. The van der Waals surface area contributed by atoms with E-state index in [0.717, 1.165) is 18.8 Å². The SMILES string of the molecule is CCn1nc(C)c(C(C)NCCS(C)=O)c1C. The summed E-state index contributed by atoms with van der Waals surface area (Å²) in [6.45, 7) is 10.1. The molecule has 2 atom stereocenters. The van der Waals surface area contributed by atoms with Crippen LogP contribution in [0.2, 0.25) is 0 Å². The summed E-state index contributed by atoms with van der Waals surface area (Å²) in [7, 11) is -0.729. The van der Waals surface area contributed by atoms with Gasteiger partial charge in [-0.15, -0.1) is 0 Å². The minimum atomic E-state index is -0.729. The molecule has 0 amide bonds. The molecule has 0 saturated carbocycles. The summed E-state index contributed by atoms with van der Waals surface area (Å²) >= 11 is 0. The third-order valence-electron chi connectivity index (χ3n) is 3.01. The first-order valence-electron chi connectivity index (χ1n) is 6.04. The lowest BCUT2D eigenvalue weighted by atomic mass is 10.1. The molecule has 0 aliphatic heterocycles. The van der Waals surface area contributed by atoms with Gasteiger partial charge in [-0.2, -0.15) is 5.10 Å². The molecule has 0 aliphatic carbocycles. The first-order chi connectivity index (χ1) is 7.97. The van der Waals surface area contributed by atoms with Crippen molar-refractivity contribution in [3.63, 3.8) is 0 Å². The molecule has 1 N–H and O–H groups in total. The molecule has 0 radical (unpaired) electrons. The van der Waals surface area contributed by atoms with Gasteiger partial charge >= 0.3 is 0 Å². The Bertz CT molecular complexity index is 401. The molecule has 1 aromatic rings. The number of nitrogens with zero attached hydrogens (tertiary/aromatic N) is 2. The van der Waals surface area contributed by atoms with Crippen LogP contribution in [0.1, 0.15) is 36.8 Å². The van der Waals surface area contributed by atoms with E-state index in [4.69, 9.17) is 0 Å². The Morgan fingerprint density at radius 3 is 2.59 bits per heavy atom. The largest absolute Gasteiger partial charge is 0.309 e. The Morgan fingerprint density at radius 2 is 2.12 bits per heavy atom. The molecular formula is C12H23N3OS. The standard InChI is InChI=1S/C12H23N3OS/c1-6-15-11(4)12(10(3)14-15)9(2)13-7-8-17(5)16/h9,13H,6-8H2,1-5H3. The van der Waals surface area contributed by atoms with Crippen LogP contribution in [-0.4, -0.2) is 32.5 Å². The van der Waals surface area contributed by atoms with Gasteiger partial charge in [-0.1, -0.05) is 0 Å². The molecule has 0 bridgehead atoms. The Morgan fingerprint density at radius 1 is 1.47 bits per heavy atom. The number of hydrogen-bond donors (Lipinski definition) is 1. The summed E-state index contributed by atoms with van der Waals surface area (Å²) in [4.78, 5) is 0. The summed E-state index contributed by atoms with van der Waals surface area (Å²) in [5, 5.41) is 7.91. The maximum Gasteiger partial charge on any atom is 0.0644 e. The van der Waals surface area contributed by atoms with Crippen molar-refractivity contribution in [2.45, 2.75) is 40.3 Å². The third-order valence-corrected chi connectivity index (χ3v) is 3.79. The van der Waals surface area contributed by atoms with Gasteiger partial charge in [-0.05, 0) is 27.7 Å². The summed E-state index contributed by atoms with van der Waals surface area (Å²) in [5.74, 6) is 0.699. The molecule has 98 valence electrons. The lowest BCUT2D eigenvalue weighted by molar-refractivity contribution is 0.586. The number of aromatic nitrogens is 2. The van der Waals surface area contributed by atoms with Crippen molar-refractivity contribution < 1.29 is 4.21 Å². The van der Waals surface area contributed by atoms with Crippen molar-refractivity contribution in [2.75, 3.05) is 18.6 Å². The van der Waals surface area contributed by atoms with Crippen LogP contribution in [0.25, 0.3) is 0 Å². The summed E-state index contributed by atoms with van der Waals surface area (Å²) in [6, 6.07) is 0.263. The Kier molecular flexibility index (Phi) is 5.33. The van der Waals surface area contributed by atoms with Crippen LogP contribution in [0.15, 0.2) is 0 Å². The van der Waals surface area contributed by atoms with E-state index in [-0.39, 0.29) is 6.04 Å². The van der Waals surface area contributed by atoms with Crippen LogP contribution < -0.4 is 5.32 Å². The normalized spacial score (nSPS) is 14.9. The number of rotatable bonds is 6. The summed E-state index contributed by atoms with van der Waals surface area (Å²) < 4.78 is 13.0. The molecule has 17 heavy (non-hydrogen) atoms. The predicted molar refractivity (Wildman–Crippen MR) is 72.7 cm³/mol. The number of nitrogens with one attached hydrogen (secondary N) is 1. The lowest BCUT2D eigenvalue weighted by Gasteiger charge is -2.14. The quantitative estimate of drug-likeness (QED) is 0.841. The fourth-order valence-corrected chi connectivity index (χ4v) is 2.57. The molecule has 0 aromatic carbocycles. The molecule has 1 aromatic heterocycles. The summed E-state index contributed by atoms with van der Waals surface area (Å²) in [5.41, 5.74) is 3.58. The van der Waals surface area contributed by atoms with Crippen molar-refractivity contribution >= 4 is 10.8 Å². The summed E-state index contributed by atoms with van der Waals surface area (Å²) in [6.07, 6.45) is 1.73. The molecule has 0 spiro atoms. The van der Waals surface area contributed by atoms with Gasteiger partial charge in [0.05, 0.1) is 5.69 Å². The van der Waals surface area contributed by atoms with Gasteiger partial charge in [-0.3, -0.25) is 8.89 Å². The molecular weight excluding hydrogens is 234 g/mol. The highest BCUT2D eigenvalue weighted by atomic mass is 32.2. The van der Waals surface area contributed by atoms with Crippen LogP contribution in [0.5, 0.6) is 0 Å². The Hall–Kier alpha value is -0.680. The molecule has 2 unspecified atom stereocenters. The predicted octanol–water partition coefficient (Wildman–Crippen LogP) is 1.55. The topological polar surface area (TPSA) is 46.9 Å². The minimum Gasteiger partial charge on any atom is -0.309 e. The van der Waals surface area contributed by atoms with Gasteiger partial charge in [0.2, 0.25) is 0 Å². The van der Waals surface area contributed by atoms with Crippen molar-refractivity contribution in [3.05, 3.63) is 17.0 Å². The fourth-order valence-electron chi connectivity index (χ4n) is 2.17. The van der Waals surface area contributed by atoms with Crippen LogP contribution >= 0.6 is 0 Å². The average molecular weight is 257 g/mol. The first kappa shape index (κ1) is 14.4. The lowest BCUT2D eigenvalue weighted by Crippen LogP contribution is -2.24. The maximum absolute atomic E-state index is 11.0. The second-order valence-electron chi connectivity index (χ2n) is 4.35. The third kappa shape index (κ3) is 3.64. The zero-order valence-electron chi connectivity index (χ0n) is 11.4. The van der Waals surface area contributed by atoms with E-state index in [1.54, 1.807) is 6.26 Å². The van der Waals surface area contributed by atoms with E-state index in [9.17, 15) is 4.21 Å². The second kappa shape index (κ2) is 6.31. The van der Waals surface area contributed by atoms with Crippen molar-refractivity contribution in [3.8, 4) is 0 Å². The highest BCUT2D eigenvalue weighted by Crippen LogP contribution is 2.20. The molecule has 1 heterocycles. The van der Waals surface area contributed by atoms with Crippen LogP contribution in [0.3, 0.4) is 0 Å². The van der Waals surface area contributed by atoms with Gasteiger partial charge < -0.3 is 5.32 Å². The Balaban J connectivity index is 2.71. The van der Waals surface area contributed by atoms with E-state index in [1.807, 2.05) is 11.6 Å². The van der Waals surface area contributed by atoms with Crippen LogP contribution in [0, 0.1) is 13.8 Å². The molecule has 0 fully saturated rings. The minimum absolute atomic E-state index is 0.263. The van der Waals surface area contributed by atoms with Gasteiger partial charge in [-0.25, -0.2) is 0 Å². The van der Waals surface area contributed by atoms with Crippen molar-refractivity contribution in [1.29, 1.82) is 0 Å². The zero-order chi connectivity index (χ0) is 13.0. The van der Waals surface area contributed by atoms with Crippen molar-refractivity contribution in [1.82, 2.24) is 15.1 Å². The molecule has 5 heteroatoms. The van der Waals surface area contributed by atoms with Gasteiger partial charge in [0.25, 0.3) is 0 Å². The number of hydrogen-bond acceptors (Lipinski definition) is 3. The van der Waals surface area contributed by atoms with E-state index in [2.05, 4.69) is 31.2 Å². The van der Waals surface area contributed by atoms with Crippen LogP contribution in [-0.2, 0) is 17.3 Å². The number of aryl methyl sites for hydroxylation is 2. The van der Waals surface area contributed by atoms with Crippen LogP contribution in [0.4, 0.5) is 0 Å². The molecule has 4 nitrogen and oxygen atoms in total. The first-order valence-corrected chi connectivity index (χ1v) is 7.77. The zero-order valence-corrected chi connectivity index (χ0v) is 12.2. The van der Waals surface area contributed by atoms with E-state index in [1.165, 1.54) is 11.3 Å². The van der Waals surface area contributed by atoms with Gasteiger partial charge in [0.15, 0.2) is 0 Å². The highest BCUT2D eigenvalue weighted by molar-refractivity contribution is 7.84. The second-order valence-corrected chi connectivity index (χ2v) is 5.91. The van der Waals surface area contributed by atoms with E-state index >= 15 is 0 Å². The maximum atomic E-state index is 11.0. The average Bonchev–Trinajstić information content (AvgIpc) is 2.53. The van der Waals surface area contributed by atoms with E-state index < -0.39 is 10.8 Å². The fraction of sp³-hybridized carbons (Fsp3) is 0.750. The van der Waals surface area contributed by atoms with Crippen molar-refractivity contribution in [2.24, 2.45) is 0 Å². The molecule has 0 aliphatic rings.